The van der Waals surface area contributed by atoms with Gasteiger partial charge in [-0.15, -0.1) is 0 Å². The van der Waals surface area contributed by atoms with Crippen LogP contribution in [-0.2, 0) is 17.2 Å². The van der Waals surface area contributed by atoms with Crippen molar-refractivity contribution in [1.82, 2.24) is 9.97 Å². The molecule has 2 rings (SSSR count). The van der Waals surface area contributed by atoms with E-state index in [1.165, 1.54) is 6.33 Å². The van der Waals surface area contributed by atoms with Gasteiger partial charge in [0.15, 0.2) is 0 Å². The van der Waals surface area contributed by atoms with Crippen molar-refractivity contribution in [3.8, 4) is 0 Å². The summed E-state index contributed by atoms with van der Waals surface area (Å²) in [6.07, 6.45) is 5.24. The van der Waals surface area contributed by atoms with E-state index in [1.807, 2.05) is 0 Å². The molecular formula is C12H18ClN3OS. The lowest BCUT2D eigenvalue weighted by Crippen LogP contribution is -2.30. The lowest BCUT2D eigenvalue weighted by Gasteiger charge is -2.24. The molecule has 1 aromatic rings. The average Bonchev–Trinajstić information content (AvgIpc) is 2.36. The summed E-state index contributed by atoms with van der Waals surface area (Å²) in [7, 11) is -0.631. The van der Waals surface area contributed by atoms with Gasteiger partial charge in [-0.3, -0.25) is 4.21 Å². The fourth-order valence-electron chi connectivity index (χ4n) is 2.12. The minimum Gasteiger partial charge on any atom is -0.367 e. The minimum absolute atomic E-state index is 0.351. The van der Waals surface area contributed by atoms with Crippen LogP contribution in [0.25, 0.3) is 0 Å². The van der Waals surface area contributed by atoms with Crippen molar-refractivity contribution in [2.75, 3.05) is 16.8 Å². The summed E-state index contributed by atoms with van der Waals surface area (Å²) < 4.78 is 11.3. The molecule has 1 aromatic heterocycles. The third-order valence-electron chi connectivity index (χ3n) is 3.12. The first-order valence-electron chi connectivity index (χ1n) is 6.31. The number of halogens is 1. The molecule has 0 radical (unpaired) electrons. The highest BCUT2D eigenvalue weighted by Gasteiger charge is 2.19. The normalized spacial score (nSPS) is 23.9. The second-order valence-corrected chi connectivity index (χ2v) is 6.56. The van der Waals surface area contributed by atoms with E-state index in [-0.39, 0.29) is 0 Å². The van der Waals surface area contributed by atoms with Gasteiger partial charge >= 0.3 is 0 Å². The smallest absolute Gasteiger partial charge is 0.137 e. The van der Waals surface area contributed by atoms with E-state index in [4.69, 9.17) is 11.6 Å². The highest BCUT2D eigenvalue weighted by Crippen LogP contribution is 2.23. The Morgan fingerprint density at radius 2 is 2.17 bits per heavy atom. The summed E-state index contributed by atoms with van der Waals surface area (Å²) in [5.41, 5.74) is 0.994. The molecule has 1 saturated heterocycles. The maximum Gasteiger partial charge on any atom is 0.137 e. The molecule has 4 nitrogen and oxygen atoms in total. The maximum atomic E-state index is 11.3. The van der Waals surface area contributed by atoms with Crippen molar-refractivity contribution in [2.24, 2.45) is 0 Å². The third-order valence-corrected chi connectivity index (χ3v) is 4.83. The zero-order chi connectivity index (χ0) is 13.0. The van der Waals surface area contributed by atoms with Crippen LogP contribution >= 0.6 is 11.6 Å². The highest BCUT2D eigenvalue weighted by atomic mass is 35.5. The molecule has 0 unspecified atom stereocenters. The van der Waals surface area contributed by atoms with Crippen molar-refractivity contribution < 1.29 is 4.21 Å². The fourth-order valence-corrected chi connectivity index (χ4v) is 3.64. The Morgan fingerprint density at radius 3 is 2.83 bits per heavy atom. The van der Waals surface area contributed by atoms with Crippen LogP contribution in [0, 0.1) is 0 Å². The molecule has 1 aliphatic rings. The van der Waals surface area contributed by atoms with Crippen molar-refractivity contribution in [3.63, 3.8) is 0 Å². The van der Waals surface area contributed by atoms with E-state index in [2.05, 4.69) is 22.2 Å². The van der Waals surface area contributed by atoms with Crippen molar-refractivity contribution in [3.05, 3.63) is 17.0 Å². The third kappa shape index (κ3) is 3.42. The second kappa shape index (κ2) is 6.48. The molecular weight excluding hydrogens is 270 g/mol. The van der Waals surface area contributed by atoms with Crippen LogP contribution in [0.3, 0.4) is 0 Å². The molecule has 0 atom stereocenters. The summed E-state index contributed by atoms with van der Waals surface area (Å²) in [5.74, 6) is 2.40. The van der Waals surface area contributed by atoms with E-state index < -0.39 is 10.8 Å². The molecule has 0 bridgehead atoms. The van der Waals surface area contributed by atoms with Crippen LogP contribution in [0.4, 0.5) is 5.82 Å². The van der Waals surface area contributed by atoms with Gasteiger partial charge in [0.25, 0.3) is 0 Å². The summed E-state index contributed by atoms with van der Waals surface area (Å²) in [5, 5.41) is 3.96. The first-order chi connectivity index (χ1) is 8.70. The van der Waals surface area contributed by atoms with E-state index in [1.54, 1.807) is 0 Å². The molecule has 1 fully saturated rings. The first kappa shape index (κ1) is 13.7. The molecule has 100 valence electrons. The van der Waals surface area contributed by atoms with Gasteiger partial charge in [0, 0.05) is 33.9 Å². The summed E-state index contributed by atoms with van der Waals surface area (Å²) >= 11 is 6.11. The molecule has 2 heterocycles. The molecule has 6 heteroatoms. The Balaban J connectivity index is 2.08. The van der Waals surface area contributed by atoms with E-state index in [9.17, 15) is 4.21 Å². The molecule has 0 saturated carbocycles. The van der Waals surface area contributed by atoms with Crippen LogP contribution in [0.5, 0.6) is 0 Å². The predicted molar refractivity (Wildman–Crippen MR) is 75.6 cm³/mol. The van der Waals surface area contributed by atoms with E-state index >= 15 is 0 Å². The predicted octanol–water partition coefficient (Wildman–Crippen LogP) is 2.41. The largest absolute Gasteiger partial charge is 0.367 e. The average molecular weight is 288 g/mol. The lowest BCUT2D eigenvalue weighted by molar-refractivity contribution is 0.621. The Labute approximate surface area is 115 Å². The summed E-state index contributed by atoms with van der Waals surface area (Å²) in [6, 6.07) is 0.351. The number of hydrogen-bond acceptors (Lipinski definition) is 4. The van der Waals surface area contributed by atoms with Crippen LogP contribution in [0.15, 0.2) is 6.33 Å². The van der Waals surface area contributed by atoms with Crippen molar-refractivity contribution in [1.29, 1.82) is 0 Å². The Morgan fingerprint density at radius 1 is 1.44 bits per heavy atom. The van der Waals surface area contributed by atoms with Gasteiger partial charge in [-0.2, -0.15) is 0 Å². The lowest BCUT2D eigenvalue weighted by atomic mass is 10.1. The van der Waals surface area contributed by atoms with Gasteiger partial charge in [0.2, 0.25) is 0 Å². The van der Waals surface area contributed by atoms with Gasteiger partial charge in [0.05, 0.1) is 0 Å². The molecule has 0 aromatic carbocycles. The Bertz CT molecular complexity index is 431. The van der Waals surface area contributed by atoms with E-state index in [0.717, 1.165) is 48.6 Å². The van der Waals surface area contributed by atoms with Crippen LogP contribution < -0.4 is 5.32 Å². The highest BCUT2D eigenvalue weighted by molar-refractivity contribution is 7.85. The van der Waals surface area contributed by atoms with Gasteiger partial charge in [-0.1, -0.05) is 24.9 Å². The minimum atomic E-state index is -0.631. The second-order valence-electron chi connectivity index (χ2n) is 4.51. The van der Waals surface area contributed by atoms with Gasteiger partial charge in [-0.05, 0) is 19.3 Å². The Kier molecular flexibility index (Phi) is 4.95. The fraction of sp³-hybridized carbons (Fsp3) is 0.667. The van der Waals surface area contributed by atoms with Gasteiger partial charge in [0.1, 0.15) is 17.3 Å². The van der Waals surface area contributed by atoms with Crippen molar-refractivity contribution >= 4 is 28.2 Å². The summed E-state index contributed by atoms with van der Waals surface area (Å²) in [6.45, 7) is 2.11. The number of nitrogens with zero attached hydrogens (tertiary/aromatic N) is 2. The SMILES string of the molecule is CCCc1c(Cl)ncnc1NC1CCS(=O)CC1. The van der Waals surface area contributed by atoms with Crippen LogP contribution in [0.1, 0.15) is 31.7 Å². The number of nitrogens with one attached hydrogen (secondary N) is 1. The monoisotopic (exact) mass is 287 g/mol. The Hall–Kier alpha value is -0.680. The van der Waals surface area contributed by atoms with Crippen LogP contribution in [-0.4, -0.2) is 31.7 Å². The molecule has 18 heavy (non-hydrogen) atoms. The van der Waals surface area contributed by atoms with E-state index in [0.29, 0.717) is 11.2 Å². The molecule has 1 N–H and O–H groups in total. The molecule has 0 amide bonds. The zero-order valence-corrected chi connectivity index (χ0v) is 12.1. The zero-order valence-electron chi connectivity index (χ0n) is 10.5. The van der Waals surface area contributed by atoms with Gasteiger partial charge < -0.3 is 5.32 Å². The van der Waals surface area contributed by atoms with Gasteiger partial charge in [-0.25, -0.2) is 9.97 Å². The topological polar surface area (TPSA) is 54.9 Å². The standard InChI is InChI=1S/C12H18ClN3OS/c1-2-3-10-11(13)14-8-15-12(10)16-9-4-6-18(17)7-5-9/h8-9H,2-7H2,1H3,(H,14,15,16). The number of aromatic nitrogens is 2. The maximum absolute atomic E-state index is 11.3. The molecule has 0 spiro atoms. The number of anilines is 1. The van der Waals surface area contributed by atoms with Crippen LogP contribution in [0.2, 0.25) is 5.15 Å². The molecule has 1 aliphatic heterocycles. The quantitative estimate of drug-likeness (QED) is 0.864. The number of rotatable bonds is 4. The van der Waals surface area contributed by atoms with Crippen molar-refractivity contribution in [2.45, 2.75) is 38.6 Å². The summed E-state index contributed by atoms with van der Waals surface area (Å²) in [4.78, 5) is 8.32. The first-order valence-corrected chi connectivity index (χ1v) is 8.18. The number of hydrogen-bond donors (Lipinski definition) is 1. The molecule has 0 aliphatic carbocycles.